The van der Waals surface area contributed by atoms with Gasteiger partial charge in [-0.05, 0) is 48.9 Å². The quantitative estimate of drug-likeness (QED) is 0.340. The smallest absolute Gasteiger partial charge is 0.268 e. The molecule has 0 radical (unpaired) electrons. The number of hydrogen-bond donors (Lipinski definition) is 0. The molecule has 6 rings (SSSR count). The van der Waals surface area contributed by atoms with E-state index in [1.165, 1.54) is 0 Å². The minimum Gasteiger partial charge on any atom is -0.268 e. The molecule has 0 saturated heterocycles. The molecule has 0 spiro atoms. The molecule has 0 unspecified atom stereocenters. The van der Waals surface area contributed by atoms with Gasteiger partial charge in [-0.3, -0.25) is 9.36 Å². The van der Waals surface area contributed by atoms with Gasteiger partial charge >= 0.3 is 0 Å². The van der Waals surface area contributed by atoms with Crippen LogP contribution in [-0.2, 0) is 0 Å². The molecule has 3 aromatic carbocycles. The fourth-order valence-corrected chi connectivity index (χ4v) is 4.17. The van der Waals surface area contributed by atoms with Crippen molar-refractivity contribution in [3.05, 3.63) is 106 Å². The molecule has 0 atom stereocenters. The molecule has 0 bridgehead atoms. The number of aryl methyl sites for hydroxylation is 1. The van der Waals surface area contributed by atoms with Crippen molar-refractivity contribution in [1.29, 1.82) is 0 Å². The summed E-state index contributed by atoms with van der Waals surface area (Å²) in [4.78, 5) is 28.2. The van der Waals surface area contributed by atoms with Gasteiger partial charge in [0.2, 0.25) is 0 Å². The van der Waals surface area contributed by atoms with Crippen molar-refractivity contribution in [2.24, 2.45) is 5.10 Å². The Balaban J connectivity index is 1.70. The van der Waals surface area contributed by atoms with Gasteiger partial charge in [-0.25, -0.2) is 15.0 Å². The minimum atomic E-state index is -0.219. The predicted molar refractivity (Wildman–Crippen MR) is 135 cm³/mol. The van der Waals surface area contributed by atoms with Crippen LogP contribution in [0.4, 0.5) is 0 Å². The Hall–Kier alpha value is -4.36. The summed E-state index contributed by atoms with van der Waals surface area (Å²) in [5.41, 5.74) is 4.11. The number of nitrogens with zero attached hydrogens (tertiary/aromatic N) is 6. The summed E-state index contributed by atoms with van der Waals surface area (Å²) < 4.78 is 3.17. The molecular weight excluding hydrogens is 448 g/mol. The van der Waals surface area contributed by atoms with E-state index in [9.17, 15) is 4.79 Å². The molecule has 0 fully saturated rings. The molecule has 8 heteroatoms. The first kappa shape index (κ1) is 20.3. The van der Waals surface area contributed by atoms with E-state index in [4.69, 9.17) is 26.6 Å². The molecule has 0 N–H and O–H groups in total. The largest absolute Gasteiger partial charge is 0.269 e. The van der Waals surface area contributed by atoms with E-state index in [-0.39, 0.29) is 5.56 Å². The predicted octanol–water partition coefficient (Wildman–Crippen LogP) is 5.13. The monoisotopic (exact) mass is 464 g/mol. The lowest BCUT2D eigenvalue weighted by Crippen LogP contribution is -2.22. The highest BCUT2D eigenvalue weighted by atomic mass is 35.5. The molecule has 3 heterocycles. The van der Waals surface area contributed by atoms with Crippen LogP contribution in [-0.4, -0.2) is 30.4 Å². The summed E-state index contributed by atoms with van der Waals surface area (Å²) in [6.45, 7) is 1.80. The number of halogens is 1. The lowest BCUT2D eigenvalue weighted by molar-refractivity contribution is 0.865. The number of fused-ring (bicyclic) bond motifs is 4. The van der Waals surface area contributed by atoms with Gasteiger partial charge in [0, 0.05) is 5.02 Å². The Morgan fingerprint density at radius 1 is 0.824 bits per heavy atom. The summed E-state index contributed by atoms with van der Waals surface area (Å²) in [6, 6.07) is 24.3. The summed E-state index contributed by atoms with van der Waals surface area (Å²) in [6.07, 6.45) is 1.69. The van der Waals surface area contributed by atoms with Crippen molar-refractivity contribution in [2.75, 3.05) is 0 Å². The number of hydrogen-bond acceptors (Lipinski definition) is 5. The fraction of sp³-hybridized carbons (Fsp3) is 0.0385. The minimum absolute atomic E-state index is 0.219. The molecule has 3 aromatic heterocycles. The van der Waals surface area contributed by atoms with Gasteiger partial charge in [-0.2, -0.15) is 9.78 Å². The van der Waals surface area contributed by atoms with E-state index < -0.39 is 0 Å². The highest BCUT2D eigenvalue weighted by Crippen LogP contribution is 2.26. The number of aromatic nitrogens is 5. The number of benzene rings is 3. The maximum absolute atomic E-state index is 13.8. The van der Waals surface area contributed by atoms with Crippen molar-refractivity contribution in [3.8, 4) is 5.69 Å². The Bertz CT molecular complexity index is 1790. The van der Waals surface area contributed by atoms with Gasteiger partial charge in [-0.1, -0.05) is 54.1 Å². The summed E-state index contributed by atoms with van der Waals surface area (Å²) >= 11 is 6.01. The van der Waals surface area contributed by atoms with E-state index in [0.717, 1.165) is 11.3 Å². The van der Waals surface area contributed by atoms with Crippen molar-refractivity contribution in [3.63, 3.8) is 0 Å². The number of para-hydroxylation sites is 3. The van der Waals surface area contributed by atoms with Crippen LogP contribution in [0.2, 0.25) is 5.02 Å². The van der Waals surface area contributed by atoms with E-state index in [1.807, 2.05) is 66.7 Å². The van der Waals surface area contributed by atoms with E-state index in [0.29, 0.717) is 44.1 Å². The third-order valence-electron chi connectivity index (χ3n) is 5.63. The molecule has 0 aliphatic rings. The van der Waals surface area contributed by atoms with Gasteiger partial charge < -0.3 is 0 Å². The first-order valence-electron chi connectivity index (χ1n) is 10.7. The van der Waals surface area contributed by atoms with E-state index >= 15 is 0 Å². The maximum Gasteiger partial charge on any atom is 0.269 e. The van der Waals surface area contributed by atoms with Crippen molar-refractivity contribution in [1.82, 2.24) is 24.2 Å². The molecule has 0 saturated carbocycles. The molecule has 0 aliphatic heterocycles. The summed E-state index contributed by atoms with van der Waals surface area (Å²) in [5, 5.41) is 5.66. The Morgan fingerprint density at radius 3 is 2.24 bits per heavy atom. The van der Waals surface area contributed by atoms with Crippen LogP contribution in [0.25, 0.3) is 38.9 Å². The first-order valence-corrected chi connectivity index (χ1v) is 11.0. The Kier molecular flexibility index (Phi) is 4.71. The molecule has 0 amide bonds. The number of rotatable bonds is 3. The lowest BCUT2D eigenvalue weighted by atomic mass is 10.2. The van der Waals surface area contributed by atoms with Gasteiger partial charge in [0.25, 0.3) is 5.56 Å². The summed E-state index contributed by atoms with van der Waals surface area (Å²) in [5.74, 6) is 0.541. The Labute approximate surface area is 198 Å². The van der Waals surface area contributed by atoms with Crippen LogP contribution in [0, 0.1) is 6.92 Å². The van der Waals surface area contributed by atoms with Crippen LogP contribution in [0.15, 0.2) is 88.8 Å². The lowest BCUT2D eigenvalue weighted by Gasteiger charge is -2.09. The standard InChI is InChI=1S/C26H17ClN6O/c1-16-29-24-22(26(34)32(16)19-7-3-2-4-8-19)23-25(31-21-10-6-5-9-20(21)30-23)33(24)28-15-17-11-13-18(27)14-12-17/h2-15H,1H3. The zero-order valence-corrected chi connectivity index (χ0v) is 18.8. The van der Waals surface area contributed by atoms with Crippen molar-refractivity contribution in [2.45, 2.75) is 6.92 Å². The topological polar surface area (TPSA) is 78.0 Å². The molecule has 164 valence electrons. The SMILES string of the molecule is Cc1nc2c(c(=O)n1-c1ccccc1)c1nc3ccccc3nc1n2N=Cc1ccc(Cl)cc1. The third kappa shape index (κ3) is 3.25. The second kappa shape index (κ2) is 7.90. The normalized spacial score (nSPS) is 11.8. The van der Waals surface area contributed by atoms with Crippen LogP contribution in [0.3, 0.4) is 0 Å². The first-order chi connectivity index (χ1) is 16.6. The molecular formula is C26H17ClN6O. The van der Waals surface area contributed by atoms with Gasteiger partial charge in [0.15, 0.2) is 11.3 Å². The average molecular weight is 465 g/mol. The maximum atomic E-state index is 13.8. The fourth-order valence-electron chi connectivity index (χ4n) is 4.04. The van der Waals surface area contributed by atoms with Crippen LogP contribution < -0.4 is 5.56 Å². The second-order valence-electron chi connectivity index (χ2n) is 7.83. The van der Waals surface area contributed by atoms with Crippen molar-refractivity contribution >= 4 is 51.0 Å². The van der Waals surface area contributed by atoms with Crippen LogP contribution in [0.1, 0.15) is 11.4 Å². The van der Waals surface area contributed by atoms with Gasteiger partial charge in [0.1, 0.15) is 16.7 Å². The highest BCUT2D eigenvalue weighted by Gasteiger charge is 2.21. The van der Waals surface area contributed by atoms with Crippen LogP contribution in [0.5, 0.6) is 0 Å². The Morgan fingerprint density at radius 2 is 1.50 bits per heavy atom. The van der Waals surface area contributed by atoms with Gasteiger partial charge in [0.05, 0.1) is 22.9 Å². The van der Waals surface area contributed by atoms with Crippen molar-refractivity contribution < 1.29 is 0 Å². The van der Waals surface area contributed by atoms with E-state index in [1.54, 1.807) is 34.5 Å². The van der Waals surface area contributed by atoms with Crippen LogP contribution >= 0.6 is 11.6 Å². The summed E-state index contributed by atoms with van der Waals surface area (Å²) in [7, 11) is 0. The third-order valence-corrected chi connectivity index (χ3v) is 5.88. The molecule has 34 heavy (non-hydrogen) atoms. The average Bonchev–Trinajstić information content (AvgIpc) is 3.15. The second-order valence-corrected chi connectivity index (χ2v) is 8.26. The molecule has 7 nitrogen and oxygen atoms in total. The zero-order valence-electron chi connectivity index (χ0n) is 18.1. The van der Waals surface area contributed by atoms with E-state index in [2.05, 4.69) is 5.10 Å². The van der Waals surface area contributed by atoms with Gasteiger partial charge in [-0.15, -0.1) is 0 Å². The zero-order chi connectivity index (χ0) is 23.2. The molecule has 0 aliphatic carbocycles. The molecule has 6 aromatic rings. The highest BCUT2D eigenvalue weighted by molar-refractivity contribution is 6.30.